The minimum atomic E-state index is -0.501. The SMILES string of the molecule is CC[C@@H]1C[C@H]1C(=O)c1ccncc1F. The number of carbonyl (C=O) groups excluding carboxylic acids is 1. The van der Waals surface area contributed by atoms with Crippen LogP contribution in [0.15, 0.2) is 18.5 Å². The van der Waals surface area contributed by atoms with Gasteiger partial charge in [0.2, 0.25) is 0 Å². The van der Waals surface area contributed by atoms with Crippen LogP contribution in [0, 0.1) is 17.7 Å². The van der Waals surface area contributed by atoms with Crippen molar-refractivity contribution in [2.24, 2.45) is 11.8 Å². The standard InChI is InChI=1S/C11H12FNO/c1-2-7-5-9(7)11(14)8-3-4-13-6-10(8)12/h3-4,6-7,9H,2,5H2,1H3/t7-,9-/m1/s1. The lowest BCUT2D eigenvalue weighted by Gasteiger charge is -1.99. The minimum absolute atomic E-state index is 0.0527. The maximum atomic E-state index is 13.2. The molecule has 2 rings (SSSR count). The maximum Gasteiger partial charge on any atom is 0.169 e. The number of halogens is 1. The Morgan fingerprint density at radius 3 is 3.07 bits per heavy atom. The number of Topliss-reactive ketones (excluding diaryl/α,β-unsaturated/α-hetero) is 1. The average Bonchev–Trinajstić information content (AvgIpc) is 2.96. The Hall–Kier alpha value is -1.25. The summed E-state index contributed by atoms with van der Waals surface area (Å²) in [6.45, 7) is 2.06. The van der Waals surface area contributed by atoms with Crippen LogP contribution in [0.5, 0.6) is 0 Å². The van der Waals surface area contributed by atoms with Crippen molar-refractivity contribution in [1.29, 1.82) is 0 Å². The van der Waals surface area contributed by atoms with E-state index in [9.17, 15) is 9.18 Å². The summed E-state index contributed by atoms with van der Waals surface area (Å²) in [7, 11) is 0. The molecule has 0 bridgehead atoms. The number of pyridine rings is 1. The van der Waals surface area contributed by atoms with E-state index < -0.39 is 5.82 Å². The number of hydrogen-bond donors (Lipinski definition) is 0. The van der Waals surface area contributed by atoms with Gasteiger partial charge in [0, 0.05) is 12.1 Å². The van der Waals surface area contributed by atoms with Crippen LogP contribution in [0.1, 0.15) is 30.1 Å². The van der Waals surface area contributed by atoms with Crippen molar-refractivity contribution in [3.8, 4) is 0 Å². The number of rotatable bonds is 3. The van der Waals surface area contributed by atoms with Gasteiger partial charge in [-0.2, -0.15) is 0 Å². The zero-order chi connectivity index (χ0) is 10.1. The van der Waals surface area contributed by atoms with Crippen LogP contribution in [0.25, 0.3) is 0 Å². The Kier molecular flexibility index (Phi) is 2.32. The van der Waals surface area contributed by atoms with Gasteiger partial charge in [-0.15, -0.1) is 0 Å². The molecule has 1 aliphatic carbocycles. The molecule has 1 saturated carbocycles. The summed E-state index contributed by atoms with van der Waals surface area (Å²) in [5.41, 5.74) is 0.195. The molecular weight excluding hydrogens is 181 g/mol. The first-order valence-corrected chi connectivity index (χ1v) is 4.87. The van der Waals surface area contributed by atoms with Gasteiger partial charge >= 0.3 is 0 Å². The highest BCUT2D eigenvalue weighted by molar-refractivity contribution is 5.99. The van der Waals surface area contributed by atoms with E-state index in [1.165, 1.54) is 12.3 Å². The van der Waals surface area contributed by atoms with E-state index in [1.807, 2.05) is 0 Å². The highest BCUT2D eigenvalue weighted by Gasteiger charge is 2.42. The van der Waals surface area contributed by atoms with Crippen molar-refractivity contribution in [2.75, 3.05) is 0 Å². The van der Waals surface area contributed by atoms with Gasteiger partial charge < -0.3 is 0 Å². The molecule has 1 aromatic heterocycles. The second kappa shape index (κ2) is 3.48. The van der Waals surface area contributed by atoms with E-state index in [0.717, 1.165) is 19.0 Å². The first kappa shape index (κ1) is 9.31. The maximum absolute atomic E-state index is 13.2. The molecule has 74 valence electrons. The molecule has 1 heterocycles. The van der Waals surface area contributed by atoms with Crippen LogP contribution in [-0.4, -0.2) is 10.8 Å². The molecule has 0 amide bonds. The second-order valence-electron chi connectivity index (χ2n) is 3.73. The molecule has 1 aliphatic rings. The fraction of sp³-hybridized carbons (Fsp3) is 0.455. The highest BCUT2D eigenvalue weighted by Crippen LogP contribution is 2.43. The molecular formula is C11H12FNO. The van der Waals surface area contributed by atoms with Gasteiger partial charge in [-0.3, -0.25) is 9.78 Å². The average molecular weight is 193 g/mol. The highest BCUT2D eigenvalue weighted by atomic mass is 19.1. The number of aromatic nitrogens is 1. The third-order valence-electron chi connectivity index (χ3n) is 2.82. The van der Waals surface area contributed by atoms with Gasteiger partial charge in [0.1, 0.15) is 0 Å². The predicted molar refractivity (Wildman–Crippen MR) is 50.4 cm³/mol. The summed E-state index contributed by atoms with van der Waals surface area (Å²) >= 11 is 0. The van der Waals surface area contributed by atoms with E-state index in [2.05, 4.69) is 11.9 Å². The number of ketones is 1. The van der Waals surface area contributed by atoms with Crippen molar-refractivity contribution in [3.05, 3.63) is 29.8 Å². The van der Waals surface area contributed by atoms with Gasteiger partial charge in [-0.1, -0.05) is 13.3 Å². The van der Waals surface area contributed by atoms with Crippen LogP contribution in [0.4, 0.5) is 4.39 Å². The fourth-order valence-electron chi connectivity index (χ4n) is 1.79. The molecule has 0 aliphatic heterocycles. The summed E-state index contributed by atoms with van der Waals surface area (Å²) < 4.78 is 13.2. The molecule has 14 heavy (non-hydrogen) atoms. The van der Waals surface area contributed by atoms with Crippen molar-refractivity contribution in [2.45, 2.75) is 19.8 Å². The molecule has 0 N–H and O–H groups in total. The topological polar surface area (TPSA) is 30.0 Å². The fourth-order valence-corrected chi connectivity index (χ4v) is 1.79. The lowest BCUT2D eigenvalue weighted by Crippen LogP contribution is -2.06. The Balaban J connectivity index is 2.17. The first-order chi connectivity index (χ1) is 6.74. The summed E-state index contributed by atoms with van der Waals surface area (Å²) in [6.07, 6.45) is 4.47. The van der Waals surface area contributed by atoms with Crippen molar-refractivity contribution >= 4 is 5.78 Å². The van der Waals surface area contributed by atoms with E-state index in [4.69, 9.17) is 0 Å². The Bertz CT molecular complexity index is 364. The monoisotopic (exact) mass is 193 g/mol. The van der Waals surface area contributed by atoms with Gasteiger partial charge in [-0.25, -0.2) is 4.39 Å². The first-order valence-electron chi connectivity index (χ1n) is 4.87. The van der Waals surface area contributed by atoms with Crippen molar-refractivity contribution < 1.29 is 9.18 Å². The molecule has 1 fully saturated rings. The summed E-state index contributed by atoms with van der Waals surface area (Å²) in [4.78, 5) is 15.3. The lowest BCUT2D eigenvalue weighted by atomic mass is 10.1. The molecule has 2 atom stereocenters. The van der Waals surface area contributed by atoms with Crippen LogP contribution < -0.4 is 0 Å². The van der Waals surface area contributed by atoms with Crippen LogP contribution in [-0.2, 0) is 0 Å². The molecule has 0 aromatic carbocycles. The Morgan fingerprint density at radius 2 is 2.50 bits per heavy atom. The van der Waals surface area contributed by atoms with Crippen LogP contribution in [0.3, 0.4) is 0 Å². The quantitative estimate of drug-likeness (QED) is 0.690. The third-order valence-corrected chi connectivity index (χ3v) is 2.82. The van der Waals surface area contributed by atoms with Crippen molar-refractivity contribution in [1.82, 2.24) is 4.98 Å². The molecule has 0 unspecified atom stereocenters. The summed E-state index contributed by atoms with van der Waals surface area (Å²) in [5, 5.41) is 0. The van der Waals surface area contributed by atoms with Gasteiger partial charge in [-0.05, 0) is 18.4 Å². The van der Waals surface area contributed by atoms with E-state index in [1.54, 1.807) is 0 Å². The summed E-state index contributed by atoms with van der Waals surface area (Å²) in [6, 6.07) is 1.46. The van der Waals surface area contributed by atoms with Crippen molar-refractivity contribution in [3.63, 3.8) is 0 Å². The van der Waals surface area contributed by atoms with Crippen LogP contribution >= 0.6 is 0 Å². The van der Waals surface area contributed by atoms with E-state index in [-0.39, 0.29) is 17.3 Å². The number of carbonyl (C=O) groups is 1. The molecule has 1 aromatic rings. The third kappa shape index (κ3) is 1.54. The zero-order valence-electron chi connectivity index (χ0n) is 8.03. The molecule has 0 radical (unpaired) electrons. The molecule has 0 saturated heterocycles. The van der Waals surface area contributed by atoms with Gasteiger partial charge in [0.25, 0.3) is 0 Å². The van der Waals surface area contributed by atoms with E-state index >= 15 is 0 Å². The van der Waals surface area contributed by atoms with Gasteiger partial charge in [0.05, 0.1) is 11.8 Å². The zero-order valence-corrected chi connectivity index (χ0v) is 8.03. The summed E-state index contributed by atoms with van der Waals surface area (Å²) in [5.74, 6) is -0.0389. The smallest absolute Gasteiger partial charge is 0.169 e. The second-order valence-corrected chi connectivity index (χ2v) is 3.73. The largest absolute Gasteiger partial charge is 0.294 e. The Labute approximate surface area is 82.2 Å². The minimum Gasteiger partial charge on any atom is -0.294 e. The Morgan fingerprint density at radius 1 is 1.71 bits per heavy atom. The van der Waals surface area contributed by atoms with E-state index in [0.29, 0.717) is 5.92 Å². The lowest BCUT2D eigenvalue weighted by molar-refractivity contribution is 0.0956. The molecule has 0 spiro atoms. The normalized spacial score (nSPS) is 24.7. The predicted octanol–water partition coefficient (Wildman–Crippen LogP) is 2.45. The molecule has 3 heteroatoms. The number of hydrogen-bond acceptors (Lipinski definition) is 2. The van der Waals surface area contributed by atoms with Crippen LogP contribution in [0.2, 0.25) is 0 Å². The number of nitrogens with zero attached hydrogens (tertiary/aromatic N) is 1. The molecule has 2 nitrogen and oxygen atoms in total. The van der Waals surface area contributed by atoms with Gasteiger partial charge in [0.15, 0.2) is 11.6 Å².